The second kappa shape index (κ2) is 6.67. The molecule has 0 radical (unpaired) electrons. The summed E-state index contributed by atoms with van der Waals surface area (Å²) in [5.74, 6) is -1.65. The van der Waals surface area contributed by atoms with Gasteiger partial charge in [0.15, 0.2) is 11.6 Å². The molecule has 0 aromatic heterocycles. The van der Waals surface area contributed by atoms with Gasteiger partial charge in [-0.05, 0) is 25.3 Å². The Morgan fingerprint density at radius 1 is 1.24 bits per heavy atom. The molecule has 0 spiro atoms. The number of hydrogen-bond acceptors (Lipinski definition) is 2. The summed E-state index contributed by atoms with van der Waals surface area (Å²) in [7, 11) is 0. The molecule has 1 aromatic rings. The van der Waals surface area contributed by atoms with Gasteiger partial charge in [-0.15, -0.1) is 0 Å². The zero-order valence-electron chi connectivity index (χ0n) is 10.3. The summed E-state index contributed by atoms with van der Waals surface area (Å²) in [6, 6.07) is 2.56. The number of hydrogen-bond donors (Lipinski definition) is 1. The van der Waals surface area contributed by atoms with E-state index in [4.69, 9.17) is 10.5 Å². The van der Waals surface area contributed by atoms with E-state index in [2.05, 4.69) is 0 Å². The summed E-state index contributed by atoms with van der Waals surface area (Å²) in [4.78, 5) is 0. The SMILES string of the molecule is CCCOCCC(N)c1ccc(C)c(F)c1F. The third-order valence-corrected chi connectivity index (χ3v) is 2.63. The van der Waals surface area contributed by atoms with Gasteiger partial charge in [-0.3, -0.25) is 0 Å². The molecule has 0 aliphatic carbocycles. The molecule has 17 heavy (non-hydrogen) atoms. The minimum atomic E-state index is -0.840. The second-order valence-corrected chi connectivity index (χ2v) is 4.11. The molecule has 1 unspecified atom stereocenters. The van der Waals surface area contributed by atoms with Crippen molar-refractivity contribution in [2.24, 2.45) is 5.73 Å². The van der Waals surface area contributed by atoms with Gasteiger partial charge < -0.3 is 10.5 Å². The topological polar surface area (TPSA) is 35.2 Å². The van der Waals surface area contributed by atoms with E-state index in [0.29, 0.717) is 25.2 Å². The van der Waals surface area contributed by atoms with Crippen LogP contribution in [0.2, 0.25) is 0 Å². The van der Waals surface area contributed by atoms with Gasteiger partial charge in [-0.2, -0.15) is 0 Å². The fraction of sp³-hybridized carbons (Fsp3) is 0.538. The van der Waals surface area contributed by atoms with Crippen molar-refractivity contribution in [2.45, 2.75) is 32.7 Å². The Kier molecular flexibility index (Phi) is 5.51. The maximum Gasteiger partial charge on any atom is 0.163 e. The summed E-state index contributed by atoms with van der Waals surface area (Å²) in [5, 5.41) is 0. The predicted octanol–water partition coefficient (Wildman–Crippen LogP) is 3.09. The Morgan fingerprint density at radius 3 is 2.59 bits per heavy atom. The minimum absolute atomic E-state index is 0.216. The first kappa shape index (κ1) is 14.1. The molecule has 1 rings (SSSR count). The second-order valence-electron chi connectivity index (χ2n) is 4.11. The summed E-state index contributed by atoms with van der Waals surface area (Å²) >= 11 is 0. The van der Waals surface area contributed by atoms with Crippen molar-refractivity contribution in [3.05, 3.63) is 34.9 Å². The van der Waals surface area contributed by atoms with E-state index in [1.165, 1.54) is 13.0 Å². The number of halogens is 2. The molecule has 0 saturated carbocycles. The molecule has 1 atom stereocenters. The standard InChI is InChI=1S/C13H19F2NO/c1-3-7-17-8-6-11(16)10-5-4-9(2)12(14)13(10)15/h4-5,11H,3,6-8,16H2,1-2H3. The molecule has 0 fully saturated rings. The van der Waals surface area contributed by atoms with Crippen molar-refractivity contribution in [1.29, 1.82) is 0 Å². The van der Waals surface area contributed by atoms with Gasteiger partial charge in [0, 0.05) is 24.8 Å². The first-order chi connectivity index (χ1) is 8.07. The third kappa shape index (κ3) is 3.75. The highest BCUT2D eigenvalue weighted by Crippen LogP contribution is 2.22. The third-order valence-electron chi connectivity index (χ3n) is 2.63. The van der Waals surface area contributed by atoms with Crippen molar-refractivity contribution in [1.82, 2.24) is 0 Å². The van der Waals surface area contributed by atoms with Gasteiger partial charge in [0.2, 0.25) is 0 Å². The van der Waals surface area contributed by atoms with Gasteiger partial charge in [0.1, 0.15) is 0 Å². The monoisotopic (exact) mass is 243 g/mol. The Labute approximate surface area is 101 Å². The fourth-order valence-corrected chi connectivity index (χ4v) is 1.56. The van der Waals surface area contributed by atoms with Gasteiger partial charge in [0.05, 0.1) is 0 Å². The molecule has 0 amide bonds. The first-order valence-corrected chi connectivity index (χ1v) is 5.85. The summed E-state index contributed by atoms with van der Waals surface area (Å²) in [6.07, 6.45) is 1.42. The molecule has 0 bridgehead atoms. The van der Waals surface area contributed by atoms with Gasteiger partial charge in [0.25, 0.3) is 0 Å². The Bertz CT molecular complexity index is 369. The maximum atomic E-state index is 13.6. The first-order valence-electron chi connectivity index (χ1n) is 5.85. The largest absolute Gasteiger partial charge is 0.381 e. The summed E-state index contributed by atoms with van der Waals surface area (Å²) in [6.45, 7) is 4.66. The van der Waals surface area contributed by atoms with Crippen LogP contribution in [0.1, 0.15) is 36.9 Å². The van der Waals surface area contributed by atoms with Crippen LogP contribution in [0.25, 0.3) is 0 Å². The van der Waals surface area contributed by atoms with E-state index in [0.717, 1.165) is 6.42 Å². The van der Waals surface area contributed by atoms with E-state index in [9.17, 15) is 8.78 Å². The maximum absolute atomic E-state index is 13.6. The van der Waals surface area contributed by atoms with Crippen molar-refractivity contribution < 1.29 is 13.5 Å². The molecule has 0 aliphatic heterocycles. The lowest BCUT2D eigenvalue weighted by molar-refractivity contribution is 0.127. The Morgan fingerprint density at radius 2 is 1.94 bits per heavy atom. The molecular weight excluding hydrogens is 224 g/mol. The highest BCUT2D eigenvalue weighted by molar-refractivity contribution is 5.27. The molecule has 0 aliphatic rings. The van der Waals surface area contributed by atoms with E-state index in [1.54, 1.807) is 6.07 Å². The highest BCUT2D eigenvalue weighted by atomic mass is 19.2. The van der Waals surface area contributed by atoms with Crippen molar-refractivity contribution in [2.75, 3.05) is 13.2 Å². The van der Waals surface area contributed by atoms with Crippen molar-refractivity contribution in [3.63, 3.8) is 0 Å². The lowest BCUT2D eigenvalue weighted by Crippen LogP contribution is -2.16. The number of nitrogens with two attached hydrogens (primary N) is 1. The van der Waals surface area contributed by atoms with E-state index in [-0.39, 0.29) is 5.56 Å². The van der Waals surface area contributed by atoms with Gasteiger partial charge in [-0.25, -0.2) is 8.78 Å². The average Bonchev–Trinajstić information content (AvgIpc) is 2.31. The zero-order valence-corrected chi connectivity index (χ0v) is 10.3. The molecule has 2 nitrogen and oxygen atoms in total. The van der Waals surface area contributed by atoms with Crippen LogP contribution >= 0.6 is 0 Å². The quantitative estimate of drug-likeness (QED) is 0.779. The smallest absolute Gasteiger partial charge is 0.163 e. The summed E-state index contributed by atoms with van der Waals surface area (Å²) < 4.78 is 32.2. The summed E-state index contributed by atoms with van der Waals surface area (Å²) in [5.41, 5.74) is 6.32. The van der Waals surface area contributed by atoms with Crippen LogP contribution in [0.15, 0.2) is 12.1 Å². The van der Waals surface area contributed by atoms with Crippen LogP contribution in [0.3, 0.4) is 0 Å². The number of rotatable bonds is 6. The zero-order chi connectivity index (χ0) is 12.8. The molecule has 4 heteroatoms. The van der Waals surface area contributed by atoms with Gasteiger partial charge >= 0.3 is 0 Å². The van der Waals surface area contributed by atoms with Crippen LogP contribution in [0, 0.1) is 18.6 Å². The highest BCUT2D eigenvalue weighted by Gasteiger charge is 2.16. The fourth-order valence-electron chi connectivity index (χ4n) is 1.56. The van der Waals surface area contributed by atoms with Crippen LogP contribution in [0.5, 0.6) is 0 Å². The minimum Gasteiger partial charge on any atom is -0.381 e. The van der Waals surface area contributed by atoms with Crippen LogP contribution in [0.4, 0.5) is 8.78 Å². The lowest BCUT2D eigenvalue weighted by atomic mass is 10.0. The van der Waals surface area contributed by atoms with Crippen molar-refractivity contribution in [3.8, 4) is 0 Å². The van der Waals surface area contributed by atoms with Gasteiger partial charge in [-0.1, -0.05) is 19.1 Å². The lowest BCUT2D eigenvalue weighted by Gasteiger charge is -2.14. The van der Waals surface area contributed by atoms with Crippen LogP contribution in [-0.2, 0) is 4.74 Å². The molecule has 0 saturated heterocycles. The molecule has 96 valence electrons. The van der Waals surface area contributed by atoms with E-state index >= 15 is 0 Å². The van der Waals surface area contributed by atoms with E-state index in [1.807, 2.05) is 6.92 Å². The predicted molar refractivity (Wildman–Crippen MR) is 63.8 cm³/mol. The molecule has 0 heterocycles. The number of benzene rings is 1. The number of aryl methyl sites for hydroxylation is 1. The Hall–Kier alpha value is -1.00. The average molecular weight is 243 g/mol. The van der Waals surface area contributed by atoms with E-state index < -0.39 is 17.7 Å². The molecular formula is C13H19F2NO. The number of ether oxygens (including phenoxy) is 1. The van der Waals surface area contributed by atoms with Crippen LogP contribution < -0.4 is 5.73 Å². The normalized spacial score (nSPS) is 12.8. The van der Waals surface area contributed by atoms with Crippen LogP contribution in [-0.4, -0.2) is 13.2 Å². The Balaban J connectivity index is 2.63. The molecule has 2 N–H and O–H groups in total. The molecule has 1 aromatic carbocycles. The van der Waals surface area contributed by atoms with Crippen molar-refractivity contribution >= 4 is 0 Å².